The van der Waals surface area contributed by atoms with Gasteiger partial charge in [-0.1, -0.05) is 26.7 Å². The lowest BCUT2D eigenvalue weighted by atomic mass is 10.1. The first-order valence-corrected chi connectivity index (χ1v) is 10.9. The molecular weight excluding hydrogens is 346 g/mol. The summed E-state index contributed by atoms with van der Waals surface area (Å²) >= 11 is 0. The van der Waals surface area contributed by atoms with Crippen molar-refractivity contribution in [2.24, 2.45) is 5.92 Å². The molecule has 0 spiro atoms. The van der Waals surface area contributed by atoms with Crippen molar-refractivity contribution in [1.82, 2.24) is 4.31 Å². The molecule has 25 heavy (non-hydrogen) atoms. The van der Waals surface area contributed by atoms with Crippen molar-refractivity contribution in [3.8, 4) is 0 Å². The summed E-state index contributed by atoms with van der Waals surface area (Å²) in [5.74, 6) is -0.378. The van der Waals surface area contributed by atoms with E-state index < -0.39 is 22.1 Å². The second kappa shape index (κ2) is 13.5. The molecule has 2 N–H and O–H groups in total. The smallest absolute Gasteiger partial charge is 0.303 e. The topological polar surface area (TPSA) is 104 Å². The standard InChI is InChI=1S/C17H35NO6S/c1-15(2)13-24-14-16(19)9-8-12-18(25(3,22)23)11-7-5-4-6-10-17(20)21/h15-16,19H,4-14H2,1-3H3,(H,20,21). The van der Waals surface area contributed by atoms with Crippen molar-refractivity contribution < 1.29 is 28.2 Å². The van der Waals surface area contributed by atoms with Gasteiger partial charge in [-0.25, -0.2) is 12.7 Å². The Balaban J connectivity index is 3.98. The van der Waals surface area contributed by atoms with Gasteiger partial charge in [-0.15, -0.1) is 0 Å². The average molecular weight is 382 g/mol. The quantitative estimate of drug-likeness (QED) is 0.397. The average Bonchev–Trinajstić information content (AvgIpc) is 2.46. The second-order valence-electron chi connectivity index (χ2n) is 6.95. The highest BCUT2D eigenvalue weighted by atomic mass is 32.2. The van der Waals surface area contributed by atoms with Crippen molar-refractivity contribution in [2.45, 2.75) is 64.9 Å². The maximum atomic E-state index is 11.8. The van der Waals surface area contributed by atoms with Crippen LogP contribution in [0.5, 0.6) is 0 Å². The molecule has 0 fully saturated rings. The molecule has 0 aromatic heterocycles. The van der Waals surface area contributed by atoms with Gasteiger partial charge in [-0.05, 0) is 31.6 Å². The normalized spacial score (nSPS) is 13.5. The van der Waals surface area contributed by atoms with E-state index in [2.05, 4.69) is 0 Å². The van der Waals surface area contributed by atoms with Crippen LogP contribution in [-0.4, -0.2) is 67.6 Å². The summed E-state index contributed by atoms with van der Waals surface area (Å²) in [6.45, 7) is 5.78. The van der Waals surface area contributed by atoms with Crippen molar-refractivity contribution in [3.63, 3.8) is 0 Å². The van der Waals surface area contributed by atoms with Gasteiger partial charge < -0.3 is 14.9 Å². The van der Waals surface area contributed by atoms with Gasteiger partial charge in [0.05, 0.1) is 19.0 Å². The number of ether oxygens (including phenoxy) is 1. The number of aliphatic hydroxyl groups excluding tert-OH is 1. The highest BCUT2D eigenvalue weighted by molar-refractivity contribution is 7.88. The minimum absolute atomic E-state index is 0.159. The zero-order valence-corrected chi connectivity index (χ0v) is 16.6. The van der Waals surface area contributed by atoms with E-state index in [4.69, 9.17) is 9.84 Å². The summed E-state index contributed by atoms with van der Waals surface area (Å²) in [6.07, 6.45) is 4.80. The van der Waals surface area contributed by atoms with Crippen LogP contribution in [0.1, 0.15) is 58.8 Å². The zero-order chi connectivity index (χ0) is 19.3. The number of sulfonamides is 1. The molecule has 0 aliphatic carbocycles. The number of nitrogens with zero attached hydrogens (tertiary/aromatic N) is 1. The predicted octanol–water partition coefficient (Wildman–Crippen LogP) is 2.10. The Morgan fingerprint density at radius 1 is 1.04 bits per heavy atom. The van der Waals surface area contributed by atoms with Crippen molar-refractivity contribution >= 4 is 16.0 Å². The van der Waals surface area contributed by atoms with E-state index in [9.17, 15) is 18.3 Å². The van der Waals surface area contributed by atoms with Crippen LogP contribution in [0, 0.1) is 5.92 Å². The molecule has 1 unspecified atom stereocenters. The molecule has 8 heteroatoms. The van der Waals surface area contributed by atoms with Gasteiger partial charge in [0.2, 0.25) is 10.0 Å². The number of carboxylic acids is 1. The molecule has 150 valence electrons. The first-order chi connectivity index (χ1) is 11.6. The number of hydrogen-bond acceptors (Lipinski definition) is 5. The molecule has 0 saturated heterocycles. The van der Waals surface area contributed by atoms with Gasteiger partial charge in [-0.3, -0.25) is 4.79 Å². The molecule has 0 aliphatic rings. The molecule has 7 nitrogen and oxygen atoms in total. The lowest BCUT2D eigenvalue weighted by Gasteiger charge is -2.20. The monoisotopic (exact) mass is 381 g/mol. The van der Waals surface area contributed by atoms with Crippen molar-refractivity contribution in [2.75, 3.05) is 32.6 Å². The third kappa shape index (κ3) is 15.3. The van der Waals surface area contributed by atoms with Gasteiger partial charge in [0, 0.05) is 26.1 Å². The van der Waals surface area contributed by atoms with Gasteiger partial charge in [0.1, 0.15) is 0 Å². The third-order valence-corrected chi connectivity index (χ3v) is 5.03. The number of aliphatic hydroxyl groups is 1. The van der Waals surface area contributed by atoms with Crippen LogP contribution in [-0.2, 0) is 19.6 Å². The lowest BCUT2D eigenvalue weighted by Crippen LogP contribution is -2.32. The maximum Gasteiger partial charge on any atom is 0.303 e. The first-order valence-electron chi connectivity index (χ1n) is 9.05. The predicted molar refractivity (Wildman–Crippen MR) is 98.0 cm³/mol. The minimum atomic E-state index is -3.27. The molecule has 0 aromatic rings. The summed E-state index contributed by atoms with van der Waals surface area (Å²) in [6, 6.07) is 0. The molecule has 0 bridgehead atoms. The van der Waals surface area contributed by atoms with Gasteiger partial charge in [0.15, 0.2) is 0 Å². The Morgan fingerprint density at radius 2 is 1.64 bits per heavy atom. The van der Waals surface area contributed by atoms with E-state index in [-0.39, 0.29) is 13.0 Å². The second-order valence-corrected chi connectivity index (χ2v) is 8.93. The Bertz CT molecular complexity index is 452. The van der Waals surface area contributed by atoms with Crippen LogP contribution in [0.25, 0.3) is 0 Å². The molecule has 0 radical (unpaired) electrons. The van der Waals surface area contributed by atoms with Crippen LogP contribution < -0.4 is 0 Å². The number of unbranched alkanes of at least 4 members (excludes halogenated alkanes) is 3. The fourth-order valence-corrected chi connectivity index (χ4v) is 3.31. The van der Waals surface area contributed by atoms with Gasteiger partial charge in [-0.2, -0.15) is 0 Å². The van der Waals surface area contributed by atoms with Crippen LogP contribution in [0.4, 0.5) is 0 Å². The summed E-state index contributed by atoms with van der Waals surface area (Å²) in [7, 11) is -3.27. The van der Waals surface area contributed by atoms with Crippen LogP contribution >= 0.6 is 0 Å². The van der Waals surface area contributed by atoms with Crippen LogP contribution in [0.2, 0.25) is 0 Å². The highest BCUT2D eigenvalue weighted by Gasteiger charge is 2.16. The van der Waals surface area contributed by atoms with Gasteiger partial charge >= 0.3 is 5.97 Å². The SMILES string of the molecule is CC(C)COCC(O)CCCN(CCCCCCC(=O)O)S(C)(=O)=O. The highest BCUT2D eigenvalue weighted by Crippen LogP contribution is 2.09. The first kappa shape index (κ1) is 24.3. The number of carboxylic acid groups (broad SMARTS) is 1. The van der Waals surface area contributed by atoms with E-state index in [1.54, 1.807) is 0 Å². The summed E-state index contributed by atoms with van der Waals surface area (Å²) in [4.78, 5) is 10.4. The maximum absolute atomic E-state index is 11.8. The molecule has 0 amide bonds. The van der Waals surface area contributed by atoms with Crippen molar-refractivity contribution in [1.29, 1.82) is 0 Å². The van der Waals surface area contributed by atoms with E-state index in [1.165, 1.54) is 10.6 Å². The Morgan fingerprint density at radius 3 is 2.20 bits per heavy atom. The number of rotatable bonds is 16. The third-order valence-electron chi connectivity index (χ3n) is 3.72. The summed E-state index contributed by atoms with van der Waals surface area (Å²) in [5, 5.41) is 18.4. The molecule has 0 aliphatic heterocycles. The number of hydrogen-bond donors (Lipinski definition) is 2. The molecule has 0 aromatic carbocycles. The molecule has 0 saturated carbocycles. The van der Waals surface area contributed by atoms with Crippen LogP contribution in [0.3, 0.4) is 0 Å². The molecule has 1 atom stereocenters. The van der Waals surface area contributed by atoms with E-state index in [1.807, 2.05) is 13.8 Å². The number of carbonyl (C=O) groups is 1. The lowest BCUT2D eigenvalue weighted by molar-refractivity contribution is -0.137. The zero-order valence-electron chi connectivity index (χ0n) is 15.8. The van der Waals surface area contributed by atoms with Gasteiger partial charge in [0.25, 0.3) is 0 Å². The molecule has 0 heterocycles. The van der Waals surface area contributed by atoms with E-state index in [0.29, 0.717) is 51.3 Å². The van der Waals surface area contributed by atoms with E-state index in [0.717, 1.165) is 12.8 Å². The fraction of sp³-hybridized carbons (Fsp3) is 0.941. The fourth-order valence-electron chi connectivity index (χ4n) is 2.39. The molecular formula is C17H35NO6S. The Labute approximate surface area is 152 Å². The van der Waals surface area contributed by atoms with Crippen LogP contribution in [0.15, 0.2) is 0 Å². The molecule has 0 rings (SSSR count). The Hall–Kier alpha value is -0.700. The minimum Gasteiger partial charge on any atom is -0.481 e. The summed E-state index contributed by atoms with van der Waals surface area (Å²) < 4.78 is 30.5. The Kier molecular flexibility index (Phi) is 13.1. The largest absolute Gasteiger partial charge is 0.481 e. The van der Waals surface area contributed by atoms with E-state index >= 15 is 0 Å². The number of aliphatic carboxylic acids is 1. The van der Waals surface area contributed by atoms with Crippen molar-refractivity contribution in [3.05, 3.63) is 0 Å². The summed E-state index contributed by atoms with van der Waals surface area (Å²) in [5.41, 5.74) is 0.